The van der Waals surface area contributed by atoms with Gasteiger partial charge in [-0.1, -0.05) is 29.3 Å². The summed E-state index contributed by atoms with van der Waals surface area (Å²) in [5.74, 6) is 0.495. The molecule has 0 spiro atoms. The van der Waals surface area contributed by atoms with Crippen LogP contribution < -0.4 is 14.8 Å². The van der Waals surface area contributed by atoms with Crippen LogP contribution in [0.25, 0.3) is 0 Å². The Balaban J connectivity index is 2.13. The van der Waals surface area contributed by atoms with Crippen molar-refractivity contribution in [1.29, 1.82) is 0 Å². The van der Waals surface area contributed by atoms with E-state index in [0.29, 0.717) is 34.7 Å². The molecule has 0 heterocycles. The fourth-order valence-electron chi connectivity index (χ4n) is 2.48. The molecular weight excluding hydrogens is 390 g/mol. The van der Waals surface area contributed by atoms with Gasteiger partial charge in [-0.3, -0.25) is 0 Å². The van der Waals surface area contributed by atoms with Gasteiger partial charge in [-0.25, -0.2) is 4.39 Å². The van der Waals surface area contributed by atoms with Crippen LogP contribution >= 0.6 is 23.2 Å². The van der Waals surface area contributed by atoms with Crippen molar-refractivity contribution in [3.05, 3.63) is 57.3 Å². The number of ether oxygens (including phenoxy) is 2. The minimum Gasteiger partial charge on any atom is -0.490 e. The summed E-state index contributed by atoms with van der Waals surface area (Å²) in [6.07, 6.45) is 0. The molecule has 148 valence electrons. The van der Waals surface area contributed by atoms with Gasteiger partial charge in [0.1, 0.15) is 12.4 Å². The van der Waals surface area contributed by atoms with Gasteiger partial charge in [-0.05, 0) is 50.8 Å². The normalized spacial score (nSPS) is 11.1. The van der Waals surface area contributed by atoms with E-state index < -0.39 is 5.82 Å². The first-order chi connectivity index (χ1) is 12.9. The topological polar surface area (TPSA) is 33.7 Å². The molecule has 0 atom stereocenters. The molecule has 0 amide bonds. The lowest BCUT2D eigenvalue weighted by molar-refractivity contribution is 0.266. The lowest BCUT2D eigenvalue weighted by Crippen LogP contribution is -2.26. The number of nitrogens with zero attached hydrogens (tertiary/aromatic N) is 1. The summed E-state index contributed by atoms with van der Waals surface area (Å²) < 4.78 is 25.4. The molecule has 27 heavy (non-hydrogen) atoms. The highest BCUT2D eigenvalue weighted by molar-refractivity contribution is 6.32. The molecule has 7 heteroatoms. The summed E-state index contributed by atoms with van der Waals surface area (Å²) in [5.41, 5.74) is 1.27. The monoisotopic (exact) mass is 414 g/mol. The molecule has 2 rings (SSSR count). The molecule has 1 N–H and O–H groups in total. The van der Waals surface area contributed by atoms with Crippen LogP contribution in [0.3, 0.4) is 0 Å². The van der Waals surface area contributed by atoms with E-state index in [1.807, 2.05) is 33.2 Å². The van der Waals surface area contributed by atoms with Crippen LogP contribution in [0.2, 0.25) is 10.0 Å². The summed E-state index contributed by atoms with van der Waals surface area (Å²) in [4.78, 5) is 2.11. The molecule has 0 aliphatic carbocycles. The lowest BCUT2D eigenvalue weighted by atomic mass is 10.2. The molecule has 0 aliphatic heterocycles. The molecule has 0 aromatic heterocycles. The Kier molecular flexibility index (Phi) is 8.64. The zero-order valence-electron chi connectivity index (χ0n) is 15.8. The summed E-state index contributed by atoms with van der Waals surface area (Å²) >= 11 is 12.5. The van der Waals surface area contributed by atoms with Crippen LogP contribution in [0.15, 0.2) is 30.3 Å². The smallest absolute Gasteiger partial charge is 0.180 e. The maximum absolute atomic E-state index is 14.0. The van der Waals surface area contributed by atoms with Gasteiger partial charge in [0.25, 0.3) is 0 Å². The second-order valence-corrected chi connectivity index (χ2v) is 7.12. The highest BCUT2D eigenvalue weighted by atomic mass is 35.5. The van der Waals surface area contributed by atoms with Crippen LogP contribution in [-0.2, 0) is 13.2 Å². The van der Waals surface area contributed by atoms with E-state index in [1.165, 1.54) is 6.07 Å². The Morgan fingerprint density at radius 2 is 1.89 bits per heavy atom. The zero-order valence-corrected chi connectivity index (χ0v) is 17.3. The highest BCUT2D eigenvalue weighted by Gasteiger charge is 2.15. The van der Waals surface area contributed by atoms with E-state index in [2.05, 4.69) is 10.2 Å². The van der Waals surface area contributed by atoms with Gasteiger partial charge in [-0.15, -0.1) is 0 Å². The molecule has 0 bridgehead atoms. The average Bonchev–Trinajstić information content (AvgIpc) is 2.60. The van der Waals surface area contributed by atoms with Crippen molar-refractivity contribution in [2.45, 2.75) is 20.1 Å². The third kappa shape index (κ3) is 6.54. The van der Waals surface area contributed by atoms with Crippen molar-refractivity contribution >= 4 is 23.2 Å². The van der Waals surface area contributed by atoms with E-state index in [9.17, 15) is 4.39 Å². The molecule has 0 fully saturated rings. The third-order valence-corrected chi connectivity index (χ3v) is 4.49. The molecule has 4 nitrogen and oxygen atoms in total. The number of hydrogen-bond acceptors (Lipinski definition) is 4. The Hall–Kier alpha value is -1.53. The van der Waals surface area contributed by atoms with Crippen molar-refractivity contribution in [2.75, 3.05) is 33.8 Å². The van der Waals surface area contributed by atoms with E-state index in [-0.39, 0.29) is 12.2 Å². The van der Waals surface area contributed by atoms with Gasteiger partial charge in [0.15, 0.2) is 11.5 Å². The second kappa shape index (κ2) is 10.7. The van der Waals surface area contributed by atoms with Crippen molar-refractivity contribution in [2.24, 2.45) is 0 Å². The fraction of sp³-hybridized carbons (Fsp3) is 0.400. The largest absolute Gasteiger partial charge is 0.490 e. The zero-order chi connectivity index (χ0) is 19.8. The van der Waals surface area contributed by atoms with Crippen LogP contribution in [0.5, 0.6) is 11.5 Å². The Labute approximate surface area is 170 Å². The number of benzene rings is 2. The van der Waals surface area contributed by atoms with E-state index >= 15 is 0 Å². The summed E-state index contributed by atoms with van der Waals surface area (Å²) in [7, 11) is 4.05. The number of hydrogen-bond donors (Lipinski definition) is 1. The molecule has 2 aromatic rings. The number of nitrogens with one attached hydrogen (secondary N) is 1. The average molecular weight is 415 g/mol. The number of halogens is 3. The minimum atomic E-state index is -0.418. The first-order valence-electron chi connectivity index (χ1n) is 8.78. The predicted octanol–water partition coefficient (Wildman–Crippen LogP) is 4.76. The van der Waals surface area contributed by atoms with E-state index in [4.69, 9.17) is 32.7 Å². The Bertz CT molecular complexity index is 737. The van der Waals surface area contributed by atoms with Gasteiger partial charge in [0.2, 0.25) is 0 Å². The van der Waals surface area contributed by atoms with Gasteiger partial charge < -0.3 is 19.7 Å². The fourth-order valence-corrected chi connectivity index (χ4v) is 2.98. The van der Waals surface area contributed by atoms with Crippen LogP contribution in [0.4, 0.5) is 4.39 Å². The quantitative estimate of drug-likeness (QED) is 0.568. The number of likely N-dealkylation sites (N-methyl/N-ethyl adjacent to an activating group) is 1. The highest BCUT2D eigenvalue weighted by Crippen LogP contribution is 2.37. The minimum absolute atomic E-state index is 0.0360. The van der Waals surface area contributed by atoms with E-state index in [1.54, 1.807) is 12.1 Å². The molecule has 0 saturated heterocycles. The predicted molar refractivity (Wildman–Crippen MR) is 109 cm³/mol. The van der Waals surface area contributed by atoms with Crippen LogP contribution in [0, 0.1) is 5.82 Å². The van der Waals surface area contributed by atoms with Crippen LogP contribution in [0.1, 0.15) is 18.1 Å². The Morgan fingerprint density at radius 1 is 1.11 bits per heavy atom. The molecule has 0 radical (unpaired) electrons. The SMILES string of the molecule is CCOc1cc(CNCCN(C)C)cc(Cl)c1OCc1c(F)cccc1Cl. The van der Waals surface area contributed by atoms with E-state index in [0.717, 1.165) is 18.7 Å². The van der Waals surface area contributed by atoms with Gasteiger partial charge in [-0.2, -0.15) is 0 Å². The van der Waals surface area contributed by atoms with Crippen molar-refractivity contribution in [1.82, 2.24) is 10.2 Å². The van der Waals surface area contributed by atoms with Gasteiger partial charge >= 0.3 is 0 Å². The first kappa shape index (κ1) is 21.8. The van der Waals surface area contributed by atoms with Crippen LogP contribution in [-0.4, -0.2) is 38.7 Å². The molecular formula is C20H25Cl2FN2O2. The summed E-state index contributed by atoms with van der Waals surface area (Å²) in [5, 5.41) is 4.08. The summed E-state index contributed by atoms with van der Waals surface area (Å²) in [6.45, 7) is 4.77. The maximum atomic E-state index is 14.0. The van der Waals surface area contributed by atoms with Crippen molar-refractivity contribution < 1.29 is 13.9 Å². The van der Waals surface area contributed by atoms with Gasteiger partial charge in [0.05, 0.1) is 16.7 Å². The maximum Gasteiger partial charge on any atom is 0.180 e. The molecule has 2 aromatic carbocycles. The van der Waals surface area contributed by atoms with Gasteiger partial charge in [0, 0.05) is 25.2 Å². The molecule has 0 unspecified atom stereocenters. The molecule has 0 saturated carbocycles. The van der Waals surface area contributed by atoms with Crippen molar-refractivity contribution in [3.63, 3.8) is 0 Å². The Morgan fingerprint density at radius 3 is 2.56 bits per heavy atom. The molecule has 0 aliphatic rings. The summed E-state index contributed by atoms with van der Waals surface area (Å²) in [6, 6.07) is 8.23. The second-order valence-electron chi connectivity index (χ2n) is 6.31. The first-order valence-corrected chi connectivity index (χ1v) is 9.54. The standard InChI is InChI=1S/C20H25Cl2FN2O2/c1-4-26-19-11-14(12-24-8-9-25(2)3)10-17(22)20(19)27-13-15-16(21)6-5-7-18(15)23/h5-7,10-11,24H,4,8-9,12-13H2,1-3H3. The third-order valence-electron chi connectivity index (χ3n) is 3.86. The van der Waals surface area contributed by atoms with Crippen molar-refractivity contribution in [3.8, 4) is 11.5 Å². The lowest BCUT2D eigenvalue weighted by Gasteiger charge is -2.16. The number of rotatable bonds is 10.